The van der Waals surface area contributed by atoms with Gasteiger partial charge in [-0.05, 0) is 30.7 Å². The van der Waals surface area contributed by atoms with Gasteiger partial charge in [0.25, 0.3) is 5.91 Å². The second kappa shape index (κ2) is 8.09. The second-order valence-corrected chi connectivity index (χ2v) is 4.79. The molecule has 0 aliphatic heterocycles. The van der Waals surface area contributed by atoms with Gasteiger partial charge in [0.1, 0.15) is 5.75 Å². The summed E-state index contributed by atoms with van der Waals surface area (Å²) in [5.74, 6) is -0.769. The molecule has 0 fully saturated rings. The summed E-state index contributed by atoms with van der Waals surface area (Å²) in [6.07, 6.45) is -4.23. The van der Waals surface area contributed by atoms with E-state index in [-0.39, 0.29) is 16.7 Å². The standard InChI is InChI=1S/C13H15ClF3NO3/c1-20-8-10(14)6-7-18-12(19)9-2-4-11(5-3-9)21-13(15,16)17/h2-5,10H,6-8H2,1H3,(H,18,19). The third-order valence-electron chi connectivity index (χ3n) is 2.44. The zero-order chi connectivity index (χ0) is 15.9. The van der Waals surface area contributed by atoms with E-state index in [2.05, 4.69) is 10.1 Å². The lowest BCUT2D eigenvalue weighted by Crippen LogP contribution is -2.27. The number of hydrogen-bond acceptors (Lipinski definition) is 3. The van der Waals surface area contributed by atoms with Crippen LogP contribution in [0.15, 0.2) is 24.3 Å². The van der Waals surface area contributed by atoms with Crippen LogP contribution in [0.2, 0.25) is 0 Å². The molecular formula is C13H15ClF3NO3. The van der Waals surface area contributed by atoms with Crippen molar-refractivity contribution in [2.45, 2.75) is 18.2 Å². The molecule has 118 valence electrons. The first-order valence-corrected chi connectivity index (χ1v) is 6.52. The fourth-order valence-corrected chi connectivity index (χ4v) is 1.75. The number of alkyl halides is 4. The normalized spacial score (nSPS) is 12.8. The van der Waals surface area contributed by atoms with Crippen molar-refractivity contribution < 1.29 is 27.4 Å². The summed E-state index contributed by atoms with van der Waals surface area (Å²) in [4.78, 5) is 11.7. The predicted molar refractivity (Wildman–Crippen MR) is 71.6 cm³/mol. The Balaban J connectivity index is 2.44. The summed E-state index contributed by atoms with van der Waals surface area (Å²) >= 11 is 5.89. The van der Waals surface area contributed by atoms with Crippen molar-refractivity contribution in [2.24, 2.45) is 0 Å². The van der Waals surface area contributed by atoms with E-state index in [9.17, 15) is 18.0 Å². The third kappa shape index (κ3) is 7.19. The molecule has 0 bridgehead atoms. The minimum atomic E-state index is -4.75. The molecule has 0 heterocycles. The predicted octanol–water partition coefficient (Wildman–Crippen LogP) is 2.96. The molecule has 1 rings (SSSR count). The Morgan fingerprint density at radius 3 is 2.48 bits per heavy atom. The van der Waals surface area contributed by atoms with Gasteiger partial charge in [-0.25, -0.2) is 0 Å². The van der Waals surface area contributed by atoms with Crippen molar-refractivity contribution in [3.8, 4) is 5.75 Å². The van der Waals surface area contributed by atoms with Crippen LogP contribution < -0.4 is 10.1 Å². The number of carbonyl (C=O) groups excluding carboxylic acids is 1. The summed E-state index contributed by atoms with van der Waals surface area (Å²) in [6, 6.07) is 4.67. The van der Waals surface area contributed by atoms with Gasteiger partial charge in [0.05, 0.1) is 12.0 Å². The molecular weight excluding hydrogens is 311 g/mol. The molecule has 1 atom stereocenters. The number of halogens is 4. The third-order valence-corrected chi connectivity index (χ3v) is 2.78. The Labute approximate surface area is 125 Å². The highest BCUT2D eigenvalue weighted by Gasteiger charge is 2.31. The highest BCUT2D eigenvalue weighted by Crippen LogP contribution is 2.22. The van der Waals surface area contributed by atoms with Gasteiger partial charge in [0.2, 0.25) is 0 Å². The Bertz CT molecular complexity index is 451. The highest BCUT2D eigenvalue weighted by atomic mass is 35.5. The molecule has 0 aliphatic rings. The van der Waals surface area contributed by atoms with E-state index in [0.717, 1.165) is 12.1 Å². The first kappa shape index (κ1) is 17.6. The minimum Gasteiger partial charge on any atom is -0.406 e. The molecule has 0 radical (unpaired) electrons. The molecule has 4 nitrogen and oxygen atoms in total. The Morgan fingerprint density at radius 2 is 1.95 bits per heavy atom. The highest BCUT2D eigenvalue weighted by molar-refractivity contribution is 6.20. The Morgan fingerprint density at radius 1 is 1.33 bits per heavy atom. The van der Waals surface area contributed by atoms with Gasteiger partial charge < -0.3 is 14.8 Å². The van der Waals surface area contributed by atoms with Crippen LogP contribution in [0.1, 0.15) is 16.8 Å². The van der Waals surface area contributed by atoms with E-state index in [4.69, 9.17) is 16.3 Å². The molecule has 0 saturated heterocycles. The zero-order valence-corrected chi connectivity index (χ0v) is 12.0. The van der Waals surface area contributed by atoms with Gasteiger partial charge >= 0.3 is 6.36 Å². The number of carbonyl (C=O) groups is 1. The number of amides is 1. The number of ether oxygens (including phenoxy) is 2. The van der Waals surface area contributed by atoms with E-state index < -0.39 is 12.3 Å². The van der Waals surface area contributed by atoms with Gasteiger partial charge in [-0.3, -0.25) is 4.79 Å². The molecule has 1 aromatic rings. The van der Waals surface area contributed by atoms with Crippen LogP contribution in [0.3, 0.4) is 0 Å². The largest absolute Gasteiger partial charge is 0.573 e. The van der Waals surface area contributed by atoms with Crippen molar-refractivity contribution in [3.63, 3.8) is 0 Å². The summed E-state index contributed by atoms with van der Waals surface area (Å²) in [5.41, 5.74) is 0.238. The van der Waals surface area contributed by atoms with E-state index in [1.165, 1.54) is 19.2 Å². The van der Waals surface area contributed by atoms with Crippen LogP contribution in [-0.2, 0) is 4.74 Å². The summed E-state index contributed by atoms with van der Waals surface area (Å²) < 4.78 is 44.5. The van der Waals surface area contributed by atoms with Crippen LogP contribution in [0.5, 0.6) is 5.75 Å². The van der Waals surface area contributed by atoms with Crippen LogP contribution in [0.4, 0.5) is 13.2 Å². The van der Waals surface area contributed by atoms with Crippen molar-refractivity contribution in [1.82, 2.24) is 5.32 Å². The molecule has 1 unspecified atom stereocenters. The quantitative estimate of drug-likeness (QED) is 0.784. The van der Waals surface area contributed by atoms with Crippen LogP contribution in [0.25, 0.3) is 0 Å². The summed E-state index contributed by atoms with van der Waals surface area (Å²) in [6.45, 7) is 0.720. The number of nitrogens with one attached hydrogen (secondary N) is 1. The smallest absolute Gasteiger partial charge is 0.406 e. The van der Waals surface area contributed by atoms with Crippen LogP contribution in [-0.4, -0.2) is 37.9 Å². The molecule has 0 spiro atoms. The van der Waals surface area contributed by atoms with E-state index >= 15 is 0 Å². The molecule has 0 saturated carbocycles. The van der Waals surface area contributed by atoms with E-state index in [0.29, 0.717) is 19.6 Å². The van der Waals surface area contributed by atoms with Crippen molar-refractivity contribution in [1.29, 1.82) is 0 Å². The van der Waals surface area contributed by atoms with Crippen LogP contribution in [0, 0.1) is 0 Å². The van der Waals surface area contributed by atoms with E-state index in [1.807, 2.05) is 0 Å². The number of rotatable bonds is 7. The fourth-order valence-electron chi connectivity index (χ4n) is 1.52. The summed E-state index contributed by atoms with van der Waals surface area (Å²) in [5, 5.41) is 2.40. The monoisotopic (exact) mass is 325 g/mol. The topological polar surface area (TPSA) is 47.6 Å². The molecule has 0 aromatic heterocycles. The maximum Gasteiger partial charge on any atom is 0.573 e. The number of benzene rings is 1. The van der Waals surface area contributed by atoms with Crippen molar-refractivity contribution >= 4 is 17.5 Å². The molecule has 1 aromatic carbocycles. The van der Waals surface area contributed by atoms with E-state index in [1.54, 1.807) is 0 Å². The Kier molecular flexibility index (Phi) is 6.77. The fraction of sp³-hybridized carbons (Fsp3) is 0.462. The average molecular weight is 326 g/mol. The summed E-state index contributed by atoms with van der Waals surface area (Å²) in [7, 11) is 1.53. The SMILES string of the molecule is COCC(Cl)CCNC(=O)c1ccc(OC(F)(F)F)cc1. The molecule has 8 heteroatoms. The average Bonchev–Trinajstić information content (AvgIpc) is 2.38. The van der Waals surface area contributed by atoms with Crippen molar-refractivity contribution in [3.05, 3.63) is 29.8 Å². The molecule has 0 aliphatic carbocycles. The maximum absolute atomic E-state index is 12.0. The zero-order valence-electron chi connectivity index (χ0n) is 11.2. The maximum atomic E-state index is 12.0. The minimum absolute atomic E-state index is 0.210. The second-order valence-electron chi connectivity index (χ2n) is 4.17. The van der Waals surface area contributed by atoms with Gasteiger partial charge in [0, 0.05) is 19.2 Å². The molecule has 1 N–H and O–H groups in total. The first-order chi connectivity index (χ1) is 9.81. The van der Waals surface area contributed by atoms with Gasteiger partial charge in [-0.1, -0.05) is 0 Å². The molecule has 21 heavy (non-hydrogen) atoms. The van der Waals surface area contributed by atoms with Gasteiger partial charge in [-0.15, -0.1) is 24.8 Å². The lowest BCUT2D eigenvalue weighted by atomic mass is 10.2. The van der Waals surface area contributed by atoms with Gasteiger partial charge in [0.15, 0.2) is 0 Å². The van der Waals surface area contributed by atoms with Crippen LogP contribution >= 0.6 is 11.6 Å². The number of methoxy groups -OCH3 is 1. The first-order valence-electron chi connectivity index (χ1n) is 6.09. The lowest BCUT2D eigenvalue weighted by molar-refractivity contribution is -0.274. The van der Waals surface area contributed by atoms with Crippen molar-refractivity contribution in [2.75, 3.05) is 20.3 Å². The lowest BCUT2D eigenvalue weighted by Gasteiger charge is -2.10. The molecule has 1 amide bonds. The Hall–Kier alpha value is -1.47. The number of hydrogen-bond donors (Lipinski definition) is 1. The van der Waals surface area contributed by atoms with Gasteiger partial charge in [-0.2, -0.15) is 0 Å².